The first-order valence-corrected chi connectivity index (χ1v) is 17.0. The molecule has 46 heavy (non-hydrogen) atoms. The molecule has 0 unspecified atom stereocenters. The van der Waals surface area contributed by atoms with Crippen molar-refractivity contribution in [1.82, 2.24) is 14.4 Å². The highest BCUT2D eigenvalue weighted by Crippen LogP contribution is 2.34. The number of aromatic nitrogens is 1. The van der Waals surface area contributed by atoms with E-state index in [9.17, 15) is 19.5 Å². The number of fused-ring (bicyclic) bond motifs is 1. The van der Waals surface area contributed by atoms with Crippen LogP contribution in [0.1, 0.15) is 61.4 Å². The fourth-order valence-electron chi connectivity index (χ4n) is 7.44. The molecule has 2 aromatic carbocycles. The van der Waals surface area contributed by atoms with Crippen LogP contribution in [0, 0.1) is 11.8 Å². The molecule has 9 nitrogen and oxygen atoms in total. The van der Waals surface area contributed by atoms with Crippen LogP contribution in [-0.2, 0) is 27.8 Å². The van der Waals surface area contributed by atoms with Crippen LogP contribution in [0.5, 0.6) is 0 Å². The number of para-hydroxylation sites is 1. The predicted molar refractivity (Wildman–Crippen MR) is 180 cm³/mol. The fourth-order valence-corrected chi connectivity index (χ4v) is 7.90. The number of benzene rings is 2. The van der Waals surface area contributed by atoms with Crippen LogP contribution < -0.4 is 5.32 Å². The maximum Gasteiger partial charge on any atom is 0.306 e. The Labute approximate surface area is 279 Å². The van der Waals surface area contributed by atoms with Gasteiger partial charge in [-0.15, -0.1) is 0 Å². The van der Waals surface area contributed by atoms with Gasteiger partial charge in [-0.25, -0.2) is 0 Å². The highest BCUT2D eigenvalue weighted by Gasteiger charge is 2.40. The summed E-state index contributed by atoms with van der Waals surface area (Å²) < 4.78 is 8.23. The lowest BCUT2D eigenvalue weighted by Crippen LogP contribution is -2.41. The average molecular weight is 670 g/mol. The van der Waals surface area contributed by atoms with Gasteiger partial charge in [0.15, 0.2) is 0 Å². The van der Waals surface area contributed by atoms with Crippen molar-refractivity contribution in [3.63, 3.8) is 0 Å². The van der Waals surface area contributed by atoms with E-state index in [1.165, 1.54) is 0 Å². The number of hydrogen-bond acceptors (Lipinski definition) is 5. The largest absolute Gasteiger partial charge is 0.481 e. The molecule has 1 aliphatic carbocycles. The summed E-state index contributed by atoms with van der Waals surface area (Å²) in [5.41, 5.74) is 2.46. The van der Waals surface area contributed by atoms with Crippen molar-refractivity contribution in [1.29, 1.82) is 0 Å². The van der Waals surface area contributed by atoms with Gasteiger partial charge in [0.1, 0.15) is 0 Å². The number of rotatable bonds is 9. The predicted octanol–water partition coefficient (Wildman–Crippen LogP) is 6.25. The Bertz CT molecular complexity index is 1620. The van der Waals surface area contributed by atoms with E-state index in [1.807, 2.05) is 40.8 Å². The number of aryl methyl sites for hydroxylation is 1. The smallest absolute Gasteiger partial charge is 0.306 e. The van der Waals surface area contributed by atoms with E-state index in [4.69, 9.17) is 27.9 Å². The maximum atomic E-state index is 13.9. The van der Waals surface area contributed by atoms with E-state index in [0.717, 1.165) is 49.7 Å². The monoisotopic (exact) mass is 668 g/mol. The third-order valence-electron chi connectivity index (χ3n) is 10.1. The van der Waals surface area contributed by atoms with Gasteiger partial charge in [0, 0.05) is 48.3 Å². The standard InChI is InChI=1S/C35H42Cl2N4O5/c1-21-11-12-40(17-21)24-15-25(20-46-26-9-7-22(8-10-26)35(44)45)41(18-24)33(42)14-23-13-30(37)31(16-29(23)36)38-34(43)28-19-39(2)32-6-4-3-5-27(28)32/h3-6,13,16,19,21-22,24-26H,7-12,14-15,17-18,20H2,1-2H3,(H,38,43)(H,44,45)/t21-,22?,24-,25-,26?/m0/s1. The minimum absolute atomic E-state index is 0.0169. The number of likely N-dealkylation sites (tertiary alicyclic amines) is 2. The third-order valence-corrected chi connectivity index (χ3v) is 10.8. The number of carboxylic acid groups (broad SMARTS) is 1. The summed E-state index contributed by atoms with van der Waals surface area (Å²) in [5, 5.41) is 13.7. The summed E-state index contributed by atoms with van der Waals surface area (Å²) in [5.74, 6) is -0.710. The van der Waals surface area contributed by atoms with Crippen molar-refractivity contribution in [3.8, 4) is 0 Å². The zero-order valence-corrected chi connectivity index (χ0v) is 27.9. The average Bonchev–Trinajstić information content (AvgIpc) is 3.76. The Balaban J connectivity index is 1.13. The van der Waals surface area contributed by atoms with Crippen LogP contribution in [0.15, 0.2) is 42.6 Å². The molecule has 3 fully saturated rings. The van der Waals surface area contributed by atoms with Crippen LogP contribution in [0.4, 0.5) is 5.69 Å². The molecule has 1 aromatic heterocycles. The van der Waals surface area contributed by atoms with Gasteiger partial charge in [-0.1, -0.05) is 48.3 Å². The Morgan fingerprint density at radius 2 is 1.78 bits per heavy atom. The van der Waals surface area contributed by atoms with Crippen molar-refractivity contribution in [2.45, 2.75) is 70.1 Å². The summed E-state index contributed by atoms with van der Waals surface area (Å²) in [6.07, 6.45) is 6.59. The first kappa shape index (κ1) is 32.8. The van der Waals surface area contributed by atoms with Crippen molar-refractivity contribution < 1.29 is 24.2 Å². The molecule has 3 atom stereocenters. The highest BCUT2D eigenvalue weighted by molar-refractivity contribution is 6.36. The number of carboxylic acids is 1. The number of ether oxygens (including phenoxy) is 1. The van der Waals surface area contributed by atoms with Gasteiger partial charge in [-0.2, -0.15) is 0 Å². The zero-order chi connectivity index (χ0) is 32.5. The van der Waals surface area contributed by atoms with Crippen molar-refractivity contribution in [2.24, 2.45) is 18.9 Å². The number of nitrogens with zero attached hydrogens (tertiary/aromatic N) is 3. The molecule has 2 saturated heterocycles. The van der Waals surface area contributed by atoms with E-state index < -0.39 is 5.97 Å². The van der Waals surface area contributed by atoms with Gasteiger partial charge in [-0.3, -0.25) is 19.3 Å². The Morgan fingerprint density at radius 3 is 2.50 bits per heavy atom. The number of aliphatic carboxylic acids is 1. The molecule has 3 aromatic rings. The van der Waals surface area contributed by atoms with Crippen LogP contribution in [0.25, 0.3) is 10.9 Å². The van der Waals surface area contributed by atoms with E-state index in [-0.39, 0.29) is 42.3 Å². The topological polar surface area (TPSA) is 104 Å². The normalized spacial score (nSPS) is 25.3. The van der Waals surface area contributed by atoms with Gasteiger partial charge in [0.05, 0.1) is 47.4 Å². The molecule has 246 valence electrons. The lowest BCUT2D eigenvalue weighted by atomic mass is 9.87. The molecular weight excluding hydrogens is 627 g/mol. The number of anilines is 1. The molecule has 11 heteroatoms. The number of carbonyl (C=O) groups excluding carboxylic acids is 2. The summed E-state index contributed by atoms with van der Waals surface area (Å²) >= 11 is 13.4. The zero-order valence-electron chi connectivity index (χ0n) is 26.4. The SMILES string of the molecule is C[C@H]1CCN([C@H]2C[C@@H](COC3CCC(C(=O)O)CC3)N(C(=O)Cc3cc(Cl)c(NC(=O)c4cn(C)c5ccccc45)cc3Cl)C2)C1. The summed E-state index contributed by atoms with van der Waals surface area (Å²) in [6, 6.07) is 11.2. The minimum Gasteiger partial charge on any atom is -0.481 e. The minimum atomic E-state index is -0.729. The van der Waals surface area contributed by atoms with Gasteiger partial charge in [-0.05, 0) is 74.8 Å². The molecule has 3 aliphatic rings. The van der Waals surface area contributed by atoms with Gasteiger partial charge >= 0.3 is 5.97 Å². The number of hydrogen-bond donors (Lipinski definition) is 2. The number of nitrogens with one attached hydrogen (secondary N) is 1. The van der Waals surface area contributed by atoms with E-state index in [0.29, 0.717) is 58.8 Å². The maximum absolute atomic E-state index is 13.9. The van der Waals surface area contributed by atoms with Crippen molar-refractivity contribution in [3.05, 3.63) is 63.8 Å². The van der Waals surface area contributed by atoms with Crippen LogP contribution in [0.2, 0.25) is 10.0 Å². The van der Waals surface area contributed by atoms with Gasteiger partial charge in [0.2, 0.25) is 5.91 Å². The first-order chi connectivity index (χ1) is 22.1. The second-order valence-corrected chi connectivity index (χ2v) is 14.2. The first-order valence-electron chi connectivity index (χ1n) is 16.3. The number of carbonyl (C=O) groups is 3. The van der Waals surface area contributed by atoms with Gasteiger partial charge < -0.3 is 24.6 Å². The lowest BCUT2D eigenvalue weighted by Gasteiger charge is -2.30. The van der Waals surface area contributed by atoms with E-state index in [2.05, 4.69) is 17.1 Å². The van der Waals surface area contributed by atoms with Crippen LogP contribution >= 0.6 is 23.2 Å². The van der Waals surface area contributed by atoms with Crippen molar-refractivity contribution >= 4 is 57.6 Å². The number of amides is 2. The quantitative estimate of drug-likeness (QED) is 0.279. The highest BCUT2D eigenvalue weighted by atomic mass is 35.5. The molecule has 2 N–H and O–H groups in total. The molecule has 2 amide bonds. The van der Waals surface area contributed by atoms with Crippen LogP contribution in [0.3, 0.4) is 0 Å². The Kier molecular flexibility index (Phi) is 9.94. The Morgan fingerprint density at radius 1 is 1.02 bits per heavy atom. The summed E-state index contributed by atoms with van der Waals surface area (Å²) in [6.45, 7) is 5.41. The summed E-state index contributed by atoms with van der Waals surface area (Å²) in [7, 11) is 1.89. The molecule has 3 heterocycles. The van der Waals surface area contributed by atoms with Crippen molar-refractivity contribution in [2.75, 3.05) is 31.6 Å². The third kappa shape index (κ3) is 7.08. The molecule has 2 aliphatic heterocycles. The molecule has 0 radical (unpaired) electrons. The molecule has 0 spiro atoms. The molecule has 1 saturated carbocycles. The second-order valence-electron chi connectivity index (χ2n) is 13.3. The van der Waals surface area contributed by atoms with Crippen LogP contribution in [-0.4, -0.2) is 81.7 Å². The summed E-state index contributed by atoms with van der Waals surface area (Å²) in [4.78, 5) is 42.9. The molecule has 6 rings (SSSR count). The number of halogens is 2. The second kappa shape index (κ2) is 13.9. The Hall–Kier alpha value is -3.11. The van der Waals surface area contributed by atoms with E-state index >= 15 is 0 Å². The fraction of sp³-hybridized carbons (Fsp3) is 0.514. The lowest BCUT2D eigenvalue weighted by molar-refractivity contribution is -0.144. The molecule has 0 bridgehead atoms. The van der Waals surface area contributed by atoms with Gasteiger partial charge in [0.25, 0.3) is 5.91 Å². The molecular formula is C35H42Cl2N4O5. The van der Waals surface area contributed by atoms with E-state index in [1.54, 1.807) is 18.3 Å².